The van der Waals surface area contributed by atoms with Gasteiger partial charge in [0, 0.05) is 12.6 Å². The monoisotopic (exact) mass is 269 g/mol. The lowest BCUT2D eigenvalue weighted by molar-refractivity contribution is 0.101. The number of ketones is 1. The van der Waals surface area contributed by atoms with E-state index in [0.29, 0.717) is 12.0 Å². The summed E-state index contributed by atoms with van der Waals surface area (Å²) in [5.41, 5.74) is 1.56. The molecule has 0 aliphatic rings. The molecule has 18 heavy (non-hydrogen) atoms. The number of aromatic nitrogens is 1. The number of hydrogen-bond donors (Lipinski definition) is 1. The molecule has 0 aliphatic heterocycles. The predicted molar refractivity (Wildman–Crippen MR) is 77.7 cm³/mol. The predicted octanol–water partition coefficient (Wildman–Crippen LogP) is 2.65. The zero-order chi connectivity index (χ0) is 13.9. The van der Waals surface area contributed by atoms with E-state index < -0.39 is 0 Å². The molecule has 0 saturated carbocycles. The topological polar surface area (TPSA) is 45.2 Å². The summed E-state index contributed by atoms with van der Waals surface area (Å²) in [5.74, 6) is 0.575. The molecule has 0 spiro atoms. The second kappa shape index (κ2) is 6.29. The summed E-state index contributed by atoms with van der Waals surface area (Å²) < 4.78 is 4.27. The highest BCUT2D eigenvalue weighted by molar-refractivity contribution is 7.10. The van der Waals surface area contributed by atoms with Gasteiger partial charge in [-0.2, -0.15) is 4.37 Å². The van der Waals surface area contributed by atoms with Crippen LogP contribution in [0.1, 0.15) is 36.8 Å². The van der Waals surface area contributed by atoms with Crippen LogP contribution in [0.2, 0.25) is 0 Å². The fourth-order valence-electron chi connectivity index (χ4n) is 1.87. The quantitative estimate of drug-likeness (QED) is 0.806. The number of aryl methyl sites for hydroxylation is 1. The Balaban J connectivity index is 2.90. The van der Waals surface area contributed by atoms with Crippen molar-refractivity contribution in [3.05, 3.63) is 11.3 Å². The van der Waals surface area contributed by atoms with Gasteiger partial charge in [0.05, 0.1) is 11.3 Å². The summed E-state index contributed by atoms with van der Waals surface area (Å²) in [6.07, 6.45) is 0. The Bertz CT molecular complexity index is 412. The second-order valence-electron chi connectivity index (χ2n) is 5.29. The molecule has 0 fully saturated rings. The molecule has 1 aromatic heterocycles. The van der Waals surface area contributed by atoms with E-state index in [0.717, 1.165) is 22.8 Å². The van der Waals surface area contributed by atoms with E-state index in [1.807, 2.05) is 6.92 Å². The molecule has 1 N–H and O–H groups in total. The maximum absolute atomic E-state index is 11.6. The third-order valence-electron chi connectivity index (χ3n) is 2.90. The Morgan fingerprint density at radius 2 is 2.06 bits per heavy atom. The van der Waals surface area contributed by atoms with Crippen LogP contribution in [0.15, 0.2) is 0 Å². The molecule has 0 bridgehead atoms. The summed E-state index contributed by atoms with van der Waals surface area (Å²) in [6, 6.07) is 0.318. The molecule has 1 heterocycles. The molecule has 0 radical (unpaired) electrons. The number of carbonyl (C=O) groups excluding carboxylic acids is 1. The third kappa shape index (κ3) is 3.78. The SMILES string of the molecule is CC(=O)c1c(C)nsc1NC(CN(C)C)C(C)C. The summed E-state index contributed by atoms with van der Waals surface area (Å²) in [4.78, 5) is 13.8. The van der Waals surface area contributed by atoms with Crippen molar-refractivity contribution >= 4 is 22.3 Å². The number of carbonyl (C=O) groups is 1. The number of Topliss-reactive ketones (excluding diaryl/α,β-unsaturated/α-hetero) is 1. The standard InChI is InChI=1S/C13H23N3OS/c1-8(2)11(7-16(5)6)14-13-12(10(4)17)9(3)15-18-13/h8,11,14H,7H2,1-6H3. The van der Waals surface area contributed by atoms with Gasteiger partial charge in [-0.1, -0.05) is 13.8 Å². The Hall–Kier alpha value is -0.940. The fraction of sp³-hybridized carbons (Fsp3) is 0.692. The zero-order valence-corrected chi connectivity index (χ0v) is 12.9. The van der Waals surface area contributed by atoms with Crippen LogP contribution in [0, 0.1) is 12.8 Å². The molecular weight excluding hydrogens is 246 g/mol. The molecule has 102 valence electrons. The molecule has 1 unspecified atom stereocenters. The highest BCUT2D eigenvalue weighted by Crippen LogP contribution is 2.26. The van der Waals surface area contributed by atoms with Crippen LogP contribution in [-0.2, 0) is 0 Å². The number of nitrogens with one attached hydrogen (secondary N) is 1. The van der Waals surface area contributed by atoms with E-state index in [9.17, 15) is 4.79 Å². The molecule has 1 rings (SSSR count). The van der Waals surface area contributed by atoms with E-state index in [1.165, 1.54) is 11.5 Å². The third-order valence-corrected chi connectivity index (χ3v) is 3.77. The second-order valence-corrected chi connectivity index (χ2v) is 6.06. The van der Waals surface area contributed by atoms with Crippen molar-refractivity contribution < 1.29 is 4.79 Å². The van der Waals surface area contributed by atoms with Gasteiger partial charge in [0.2, 0.25) is 0 Å². The lowest BCUT2D eigenvalue weighted by Crippen LogP contribution is -2.36. The van der Waals surface area contributed by atoms with Crippen molar-refractivity contribution in [2.75, 3.05) is 26.0 Å². The number of likely N-dealkylation sites (N-methyl/N-ethyl adjacent to an activating group) is 1. The molecule has 0 aromatic carbocycles. The molecule has 0 amide bonds. The van der Waals surface area contributed by atoms with E-state index in [2.05, 4.69) is 42.5 Å². The van der Waals surface area contributed by atoms with Gasteiger partial charge in [-0.3, -0.25) is 4.79 Å². The van der Waals surface area contributed by atoms with Crippen molar-refractivity contribution in [2.45, 2.75) is 33.7 Å². The average Bonchev–Trinajstić information content (AvgIpc) is 2.57. The van der Waals surface area contributed by atoms with E-state index in [-0.39, 0.29) is 5.78 Å². The van der Waals surface area contributed by atoms with Gasteiger partial charge in [0.15, 0.2) is 5.78 Å². The van der Waals surface area contributed by atoms with Crippen LogP contribution in [0.4, 0.5) is 5.00 Å². The highest BCUT2D eigenvalue weighted by atomic mass is 32.1. The van der Waals surface area contributed by atoms with Crippen LogP contribution in [0.3, 0.4) is 0 Å². The Labute approximate surface area is 114 Å². The Kier molecular flexibility index (Phi) is 5.28. The number of rotatable bonds is 6. The molecule has 5 heteroatoms. The first-order chi connectivity index (χ1) is 8.32. The number of anilines is 1. The van der Waals surface area contributed by atoms with Crippen molar-refractivity contribution in [3.63, 3.8) is 0 Å². The Morgan fingerprint density at radius 1 is 1.44 bits per heavy atom. The van der Waals surface area contributed by atoms with Gasteiger partial charge in [0.25, 0.3) is 0 Å². The first kappa shape index (κ1) is 15.1. The smallest absolute Gasteiger partial charge is 0.164 e. The van der Waals surface area contributed by atoms with Crippen molar-refractivity contribution in [1.29, 1.82) is 0 Å². The Morgan fingerprint density at radius 3 is 2.50 bits per heavy atom. The fourth-order valence-corrected chi connectivity index (χ4v) is 2.77. The molecular formula is C13H23N3OS. The summed E-state index contributed by atoms with van der Waals surface area (Å²) in [5, 5.41) is 4.38. The molecule has 0 saturated heterocycles. The van der Waals surface area contributed by atoms with E-state index >= 15 is 0 Å². The minimum atomic E-state index is 0.0797. The largest absolute Gasteiger partial charge is 0.371 e. The maximum atomic E-state index is 11.6. The van der Waals surface area contributed by atoms with Gasteiger partial charge in [-0.15, -0.1) is 0 Å². The van der Waals surface area contributed by atoms with E-state index in [1.54, 1.807) is 6.92 Å². The van der Waals surface area contributed by atoms with Crippen molar-refractivity contribution in [3.8, 4) is 0 Å². The molecule has 0 aliphatic carbocycles. The summed E-state index contributed by atoms with van der Waals surface area (Å²) in [7, 11) is 4.11. The van der Waals surface area contributed by atoms with Crippen LogP contribution in [0.25, 0.3) is 0 Å². The summed E-state index contributed by atoms with van der Waals surface area (Å²) >= 11 is 1.38. The van der Waals surface area contributed by atoms with E-state index in [4.69, 9.17) is 0 Å². The number of hydrogen-bond acceptors (Lipinski definition) is 5. The highest BCUT2D eigenvalue weighted by Gasteiger charge is 2.20. The van der Waals surface area contributed by atoms with Crippen LogP contribution >= 0.6 is 11.5 Å². The normalized spacial score (nSPS) is 13.1. The number of nitrogens with zero attached hydrogens (tertiary/aromatic N) is 2. The van der Waals surface area contributed by atoms with Gasteiger partial charge in [0.1, 0.15) is 5.00 Å². The summed E-state index contributed by atoms with van der Waals surface area (Å²) in [6.45, 7) is 8.78. The molecule has 4 nitrogen and oxygen atoms in total. The average molecular weight is 269 g/mol. The first-order valence-electron chi connectivity index (χ1n) is 6.21. The zero-order valence-electron chi connectivity index (χ0n) is 12.1. The van der Waals surface area contributed by atoms with Gasteiger partial charge < -0.3 is 10.2 Å². The molecule has 1 aromatic rings. The minimum absolute atomic E-state index is 0.0797. The lowest BCUT2D eigenvalue weighted by atomic mass is 10.0. The van der Waals surface area contributed by atoms with Crippen LogP contribution in [-0.4, -0.2) is 41.7 Å². The van der Waals surface area contributed by atoms with Crippen molar-refractivity contribution in [2.24, 2.45) is 5.92 Å². The maximum Gasteiger partial charge on any atom is 0.164 e. The van der Waals surface area contributed by atoms with Crippen LogP contribution in [0.5, 0.6) is 0 Å². The minimum Gasteiger partial charge on any atom is -0.371 e. The molecule has 1 atom stereocenters. The first-order valence-corrected chi connectivity index (χ1v) is 6.98. The van der Waals surface area contributed by atoms with Gasteiger partial charge in [-0.25, -0.2) is 0 Å². The van der Waals surface area contributed by atoms with Gasteiger partial charge in [-0.05, 0) is 45.4 Å². The van der Waals surface area contributed by atoms with Gasteiger partial charge >= 0.3 is 0 Å². The lowest BCUT2D eigenvalue weighted by Gasteiger charge is -2.26. The van der Waals surface area contributed by atoms with Crippen LogP contribution < -0.4 is 5.32 Å². The van der Waals surface area contributed by atoms with Crippen molar-refractivity contribution in [1.82, 2.24) is 9.27 Å².